The molecule has 0 bridgehead atoms. The van der Waals surface area contributed by atoms with Crippen LogP contribution in [0.2, 0.25) is 0 Å². The Morgan fingerprint density at radius 2 is 1.88 bits per heavy atom. The zero-order chi connectivity index (χ0) is 23.2. The number of phenols is 2. The number of hydrogen-bond donors (Lipinski definition) is 4. The Balaban J connectivity index is 1.49. The van der Waals surface area contributed by atoms with E-state index in [2.05, 4.69) is 36.7 Å². The maximum atomic E-state index is 12.3. The highest BCUT2D eigenvalue weighted by Crippen LogP contribution is 2.22. The second kappa shape index (κ2) is 10.3. The van der Waals surface area contributed by atoms with E-state index in [0.29, 0.717) is 10.7 Å². The van der Waals surface area contributed by atoms with Gasteiger partial charge in [-0.2, -0.15) is 9.67 Å². The fraction of sp³-hybridized carbons (Fsp3) is 0.0435. The smallest absolute Gasteiger partial charge is 0.342 e. The van der Waals surface area contributed by atoms with E-state index in [1.165, 1.54) is 36.2 Å². The van der Waals surface area contributed by atoms with Crippen molar-refractivity contribution in [3.8, 4) is 28.6 Å². The molecule has 0 spiro atoms. The van der Waals surface area contributed by atoms with E-state index in [-0.39, 0.29) is 23.2 Å². The van der Waals surface area contributed by atoms with Gasteiger partial charge < -0.3 is 10.2 Å². The SMILES string of the molecule is O=C(CSc1n[nH]c(-c2ccccc2)[n+]1-c1ccc(Br)cc1)NN=Cc1ccc(O)cc1O. The number of phenolic OH excluding ortho intramolecular Hbond substituents is 2. The second-order valence-corrected chi connectivity index (χ2v) is 8.72. The summed E-state index contributed by atoms with van der Waals surface area (Å²) >= 11 is 4.72. The highest BCUT2D eigenvalue weighted by Gasteiger charge is 2.24. The molecule has 0 saturated heterocycles. The molecule has 4 N–H and O–H groups in total. The second-order valence-electron chi connectivity index (χ2n) is 6.86. The molecule has 0 unspecified atom stereocenters. The summed E-state index contributed by atoms with van der Waals surface area (Å²) in [6.07, 6.45) is 1.31. The average Bonchev–Trinajstić information content (AvgIpc) is 3.24. The molecule has 0 fully saturated rings. The van der Waals surface area contributed by atoms with Crippen LogP contribution in [-0.4, -0.2) is 38.3 Å². The standard InChI is InChI=1S/C23H18BrN5O3S/c24-17-7-9-18(10-8-17)29-22(15-4-2-1-3-5-15)27-28-23(29)33-14-21(32)26-25-13-16-6-11-19(30)12-20(16)31/h1-13H,14H2,(H3,25,26,30,31,32)/p+1. The van der Waals surface area contributed by atoms with E-state index < -0.39 is 0 Å². The minimum atomic E-state index is -0.332. The Morgan fingerprint density at radius 1 is 1.12 bits per heavy atom. The molecule has 0 aliphatic carbocycles. The van der Waals surface area contributed by atoms with Crippen molar-refractivity contribution in [2.75, 3.05) is 5.75 Å². The lowest BCUT2D eigenvalue weighted by Crippen LogP contribution is -2.34. The molecule has 0 atom stereocenters. The van der Waals surface area contributed by atoms with Crippen LogP contribution in [0.1, 0.15) is 5.56 Å². The summed E-state index contributed by atoms with van der Waals surface area (Å²) in [4.78, 5) is 12.3. The number of carbonyl (C=O) groups excluding carboxylic acids is 1. The van der Waals surface area contributed by atoms with Crippen LogP contribution in [0.3, 0.4) is 0 Å². The molecule has 0 aliphatic rings. The van der Waals surface area contributed by atoms with Gasteiger partial charge in [0.15, 0.2) is 0 Å². The van der Waals surface area contributed by atoms with Crippen LogP contribution in [-0.2, 0) is 4.79 Å². The van der Waals surface area contributed by atoms with Crippen LogP contribution in [0.25, 0.3) is 17.1 Å². The van der Waals surface area contributed by atoms with Gasteiger partial charge in [0.25, 0.3) is 11.7 Å². The number of nitrogens with zero attached hydrogens (tertiary/aromatic N) is 3. The van der Waals surface area contributed by atoms with Crippen molar-refractivity contribution < 1.29 is 19.6 Å². The Labute approximate surface area is 202 Å². The largest absolute Gasteiger partial charge is 0.508 e. The molecule has 3 aromatic carbocycles. The normalized spacial score (nSPS) is 11.1. The van der Waals surface area contributed by atoms with E-state index in [1.807, 2.05) is 59.2 Å². The number of aromatic amines is 1. The summed E-state index contributed by atoms with van der Waals surface area (Å²) in [5.41, 5.74) is 4.66. The number of halogens is 1. The predicted octanol–water partition coefficient (Wildman–Crippen LogP) is 3.77. The molecular weight excluding hydrogens is 506 g/mol. The van der Waals surface area contributed by atoms with Crippen molar-refractivity contribution in [2.24, 2.45) is 5.10 Å². The highest BCUT2D eigenvalue weighted by atomic mass is 79.9. The summed E-state index contributed by atoms with van der Waals surface area (Å²) in [5.74, 6) is 0.345. The summed E-state index contributed by atoms with van der Waals surface area (Å²) < 4.78 is 2.92. The number of aromatic nitrogens is 3. The summed E-state index contributed by atoms with van der Waals surface area (Å²) in [6.45, 7) is 0. The zero-order valence-electron chi connectivity index (χ0n) is 17.1. The van der Waals surface area contributed by atoms with Crippen LogP contribution >= 0.6 is 27.7 Å². The Hall–Kier alpha value is -3.63. The number of hydrogen-bond acceptors (Lipinski definition) is 6. The van der Waals surface area contributed by atoms with E-state index in [1.54, 1.807) is 0 Å². The van der Waals surface area contributed by atoms with Gasteiger partial charge in [0.05, 0.1) is 22.6 Å². The minimum absolute atomic E-state index is 0.0574. The van der Waals surface area contributed by atoms with Gasteiger partial charge >= 0.3 is 5.16 Å². The molecule has 8 nitrogen and oxygen atoms in total. The van der Waals surface area contributed by atoms with Gasteiger partial charge in [0, 0.05) is 16.1 Å². The molecule has 0 radical (unpaired) electrons. The number of benzene rings is 3. The molecule has 166 valence electrons. The van der Waals surface area contributed by atoms with E-state index >= 15 is 0 Å². The number of amides is 1. The Bertz CT molecular complexity index is 1290. The van der Waals surface area contributed by atoms with Crippen LogP contribution in [0.5, 0.6) is 11.5 Å². The van der Waals surface area contributed by atoms with E-state index in [4.69, 9.17) is 0 Å². The third kappa shape index (κ3) is 5.60. The maximum Gasteiger partial charge on any atom is 0.342 e. The maximum absolute atomic E-state index is 12.3. The Kier molecular flexibility index (Phi) is 7.06. The minimum Gasteiger partial charge on any atom is -0.508 e. The van der Waals surface area contributed by atoms with Crippen LogP contribution in [0.4, 0.5) is 0 Å². The van der Waals surface area contributed by atoms with E-state index in [0.717, 1.165) is 21.5 Å². The molecule has 4 aromatic rings. The number of H-pyrrole nitrogens is 1. The molecule has 1 amide bonds. The molecule has 0 aliphatic heterocycles. The first-order valence-electron chi connectivity index (χ1n) is 9.80. The first kappa shape index (κ1) is 22.6. The van der Waals surface area contributed by atoms with E-state index in [9.17, 15) is 15.0 Å². The third-order valence-corrected chi connectivity index (χ3v) is 6.01. The summed E-state index contributed by atoms with van der Waals surface area (Å²) in [6, 6.07) is 21.7. The van der Waals surface area contributed by atoms with Crippen molar-refractivity contribution in [1.82, 2.24) is 15.6 Å². The fourth-order valence-corrected chi connectivity index (χ4v) is 4.02. The van der Waals surface area contributed by atoms with Gasteiger partial charge in [0.2, 0.25) is 0 Å². The Morgan fingerprint density at radius 3 is 2.61 bits per heavy atom. The number of nitrogens with one attached hydrogen (secondary N) is 2. The molecule has 0 saturated carbocycles. The lowest BCUT2D eigenvalue weighted by Gasteiger charge is -2.04. The first-order valence-corrected chi connectivity index (χ1v) is 11.6. The monoisotopic (exact) mass is 524 g/mol. The van der Waals surface area contributed by atoms with Gasteiger partial charge in [-0.25, -0.2) is 5.43 Å². The molecule has 33 heavy (non-hydrogen) atoms. The molecular formula is C23H19BrN5O3S+. The topological polar surface area (TPSA) is 114 Å². The van der Waals surface area contributed by atoms with Crippen molar-refractivity contribution >= 4 is 39.8 Å². The quantitative estimate of drug-likeness (QED) is 0.127. The molecule has 4 rings (SSSR count). The number of thioether (sulfide) groups is 1. The van der Waals surface area contributed by atoms with Crippen LogP contribution in [0.15, 0.2) is 87.5 Å². The summed E-state index contributed by atoms with van der Waals surface area (Å²) in [7, 11) is 0. The summed E-state index contributed by atoms with van der Waals surface area (Å²) in [5, 5.41) is 31.1. The molecule has 1 aromatic heterocycles. The third-order valence-electron chi connectivity index (χ3n) is 4.54. The van der Waals surface area contributed by atoms with Gasteiger partial charge in [-0.05, 0) is 60.3 Å². The van der Waals surface area contributed by atoms with Crippen molar-refractivity contribution in [3.05, 3.63) is 82.8 Å². The van der Waals surface area contributed by atoms with Crippen molar-refractivity contribution in [3.63, 3.8) is 0 Å². The van der Waals surface area contributed by atoms with Gasteiger partial charge in [-0.1, -0.05) is 34.1 Å². The number of aromatic hydroxyl groups is 2. The highest BCUT2D eigenvalue weighted by molar-refractivity contribution is 9.10. The van der Waals surface area contributed by atoms with Gasteiger partial charge in [0.1, 0.15) is 17.2 Å². The fourth-order valence-electron chi connectivity index (χ4n) is 2.99. The average molecular weight is 525 g/mol. The number of rotatable bonds is 7. The predicted molar refractivity (Wildman–Crippen MR) is 129 cm³/mol. The van der Waals surface area contributed by atoms with Gasteiger partial charge in [-0.3, -0.25) is 4.79 Å². The van der Waals surface area contributed by atoms with Crippen molar-refractivity contribution in [1.29, 1.82) is 0 Å². The van der Waals surface area contributed by atoms with Crippen LogP contribution < -0.4 is 9.99 Å². The lowest BCUT2D eigenvalue weighted by atomic mass is 10.2. The first-order chi connectivity index (χ1) is 16.0. The molecule has 1 heterocycles. The number of carbonyl (C=O) groups is 1. The number of hydrazone groups is 1. The van der Waals surface area contributed by atoms with Crippen molar-refractivity contribution in [2.45, 2.75) is 5.16 Å². The van der Waals surface area contributed by atoms with Crippen LogP contribution in [0, 0.1) is 0 Å². The molecule has 10 heteroatoms. The van der Waals surface area contributed by atoms with Gasteiger partial charge in [-0.15, -0.1) is 5.10 Å². The lowest BCUT2D eigenvalue weighted by molar-refractivity contribution is -0.625. The zero-order valence-corrected chi connectivity index (χ0v) is 19.5.